The van der Waals surface area contributed by atoms with E-state index in [1.165, 1.54) is 0 Å². The summed E-state index contributed by atoms with van der Waals surface area (Å²) in [7, 11) is 0. The van der Waals surface area contributed by atoms with Crippen molar-refractivity contribution in [3.05, 3.63) is 58.5 Å². The number of ether oxygens (including phenoxy) is 1. The lowest BCUT2D eigenvalue weighted by molar-refractivity contribution is -0.142. The van der Waals surface area contributed by atoms with Crippen molar-refractivity contribution < 1.29 is 9.13 Å². The lowest BCUT2D eigenvalue weighted by Gasteiger charge is -2.59. The summed E-state index contributed by atoms with van der Waals surface area (Å²) in [4.78, 5) is 13.2. The van der Waals surface area contributed by atoms with Gasteiger partial charge in [-0.25, -0.2) is 14.4 Å². The number of hydrogen-bond donors (Lipinski definition) is 0. The zero-order valence-corrected chi connectivity index (χ0v) is 20.4. The lowest BCUT2D eigenvalue weighted by Crippen LogP contribution is -2.62. The van der Waals surface area contributed by atoms with Crippen LogP contribution < -0.4 is 4.90 Å². The normalized spacial score (nSPS) is 22.5. The minimum Gasteiger partial charge on any atom is -0.375 e. The van der Waals surface area contributed by atoms with Gasteiger partial charge in [0, 0.05) is 48.7 Å². The highest BCUT2D eigenvalue weighted by molar-refractivity contribution is 6.30. The van der Waals surface area contributed by atoms with E-state index in [4.69, 9.17) is 16.3 Å². The molecule has 0 N–H and O–H groups in total. The van der Waals surface area contributed by atoms with Crippen molar-refractivity contribution in [1.29, 1.82) is 0 Å². The quantitative estimate of drug-likeness (QED) is 0.549. The molecule has 2 aromatic heterocycles. The molecule has 3 aliphatic heterocycles. The fourth-order valence-corrected chi connectivity index (χ4v) is 6.45. The summed E-state index contributed by atoms with van der Waals surface area (Å²) in [5.41, 5.74) is 1.15. The maximum Gasteiger partial charge on any atom is 0.169 e. The number of benzene rings is 1. The molecule has 2 saturated heterocycles. The highest BCUT2D eigenvalue weighted by Gasteiger charge is 2.54. The second kappa shape index (κ2) is 7.69. The largest absolute Gasteiger partial charge is 0.375 e. The zero-order valence-electron chi connectivity index (χ0n) is 19.6. The third-order valence-electron chi connectivity index (χ3n) is 7.89. The number of alkyl halides is 1. The third-order valence-corrected chi connectivity index (χ3v) is 8.12. The van der Waals surface area contributed by atoms with Crippen molar-refractivity contribution in [2.45, 2.75) is 44.4 Å². The monoisotopic (exact) mass is 495 g/mol. The summed E-state index contributed by atoms with van der Waals surface area (Å²) in [6, 6.07) is 7.93. The fourth-order valence-electron chi connectivity index (χ4n) is 6.25. The molecule has 0 atom stereocenters. The number of halogens is 2. The molecule has 0 bridgehead atoms. The van der Waals surface area contributed by atoms with Crippen LogP contribution in [0.3, 0.4) is 0 Å². The maximum atomic E-state index is 14.9. The number of aromatic nitrogens is 5. The van der Waals surface area contributed by atoms with E-state index in [-0.39, 0.29) is 13.2 Å². The molecule has 4 aliphatic rings. The number of aryl methyl sites for hydroxylation is 1. The van der Waals surface area contributed by atoms with E-state index >= 15 is 0 Å². The SMILES string of the molecule is Cc1nccc(N2CC3(CC(c4nnc5n4-c4ccc(Cl)cc4CN(CC4(F)COC4)C5)C3)C2)n1. The fraction of sp³-hybridized carbons (Fsp3) is 0.520. The maximum absolute atomic E-state index is 14.9. The van der Waals surface area contributed by atoms with Gasteiger partial charge in [0.25, 0.3) is 0 Å². The molecule has 1 aromatic carbocycles. The summed E-state index contributed by atoms with van der Waals surface area (Å²) >= 11 is 6.36. The Labute approximate surface area is 208 Å². The molecular formula is C25H27ClFN7O. The average Bonchev–Trinajstić information content (AvgIpc) is 3.07. The van der Waals surface area contributed by atoms with E-state index in [1.54, 1.807) is 0 Å². The number of hydrogen-bond acceptors (Lipinski definition) is 7. The molecule has 3 aromatic rings. The summed E-state index contributed by atoms with van der Waals surface area (Å²) in [5, 5.41) is 9.93. The predicted octanol–water partition coefficient (Wildman–Crippen LogP) is 3.46. The average molecular weight is 496 g/mol. The van der Waals surface area contributed by atoms with Crippen molar-refractivity contribution in [2.75, 3.05) is 37.7 Å². The van der Waals surface area contributed by atoms with E-state index in [1.807, 2.05) is 37.4 Å². The number of fused-ring (bicyclic) bond motifs is 3. The van der Waals surface area contributed by atoms with Crippen molar-refractivity contribution in [1.82, 2.24) is 29.6 Å². The zero-order chi connectivity index (χ0) is 23.8. The van der Waals surface area contributed by atoms with Crippen LogP contribution in [-0.2, 0) is 17.8 Å². The molecule has 0 amide bonds. The van der Waals surface area contributed by atoms with Gasteiger partial charge in [0.1, 0.15) is 17.5 Å². The predicted molar refractivity (Wildman–Crippen MR) is 129 cm³/mol. The van der Waals surface area contributed by atoms with Crippen molar-refractivity contribution in [2.24, 2.45) is 5.41 Å². The molecule has 8 nitrogen and oxygen atoms in total. The molecule has 1 spiro atoms. The van der Waals surface area contributed by atoms with Crippen LogP contribution in [0.2, 0.25) is 5.02 Å². The number of rotatable bonds is 4. The molecular weight excluding hydrogens is 469 g/mol. The van der Waals surface area contributed by atoms with Crippen LogP contribution in [0.15, 0.2) is 30.5 Å². The standard InChI is InChI=1S/C25H27ClFN7O/c1-16-28-5-4-21(29-16)33-11-24(12-33)7-18(8-24)23-31-30-22-10-32(13-25(27)14-35-15-25)9-17-6-19(26)2-3-20(17)34(22)23/h2-6,18H,7-15H2,1H3. The van der Waals surface area contributed by atoms with Gasteiger partial charge >= 0.3 is 0 Å². The number of nitrogens with zero attached hydrogens (tertiary/aromatic N) is 7. The molecule has 182 valence electrons. The van der Waals surface area contributed by atoms with Gasteiger partial charge in [-0.05, 0) is 49.6 Å². The van der Waals surface area contributed by atoms with Gasteiger partial charge in [0.2, 0.25) is 0 Å². The first-order chi connectivity index (χ1) is 16.9. The van der Waals surface area contributed by atoms with Gasteiger partial charge in [-0.1, -0.05) is 11.6 Å². The Hall–Kier alpha value is -2.62. The minimum atomic E-state index is -1.30. The molecule has 0 unspecified atom stereocenters. The van der Waals surface area contributed by atoms with E-state index in [0.29, 0.717) is 36.0 Å². The Bertz CT molecular complexity index is 1290. The molecule has 10 heteroatoms. The molecule has 1 aliphatic carbocycles. The second-order valence-corrected chi connectivity index (χ2v) is 11.2. The summed E-state index contributed by atoms with van der Waals surface area (Å²) in [5.74, 6) is 4.04. The highest BCUT2D eigenvalue weighted by atomic mass is 35.5. The summed E-state index contributed by atoms with van der Waals surface area (Å²) in [6.45, 7) is 5.74. The van der Waals surface area contributed by atoms with Crippen molar-refractivity contribution in [3.63, 3.8) is 0 Å². The summed E-state index contributed by atoms with van der Waals surface area (Å²) < 4.78 is 22.3. The van der Waals surface area contributed by atoms with Crippen molar-refractivity contribution >= 4 is 17.4 Å². The molecule has 0 radical (unpaired) electrons. The van der Waals surface area contributed by atoms with Crippen LogP contribution in [0.5, 0.6) is 0 Å². The first-order valence-electron chi connectivity index (χ1n) is 12.2. The van der Waals surface area contributed by atoms with Gasteiger partial charge in [0.15, 0.2) is 11.5 Å². The Kier molecular flexibility index (Phi) is 4.75. The van der Waals surface area contributed by atoms with Crippen LogP contribution in [0.1, 0.15) is 41.8 Å². The van der Waals surface area contributed by atoms with E-state index in [9.17, 15) is 4.39 Å². The van der Waals surface area contributed by atoms with Gasteiger partial charge in [-0.15, -0.1) is 10.2 Å². The smallest absolute Gasteiger partial charge is 0.169 e. The second-order valence-electron chi connectivity index (χ2n) is 10.8. The Balaban J connectivity index is 1.13. The Morgan fingerprint density at radius 2 is 1.97 bits per heavy atom. The van der Waals surface area contributed by atoms with Crippen LogP contribution in [0, 0.1) is 12.3 Å². The highest BCUT2D eigenvalue weighted by Crippen LogP contribution is 2.56. The van der Waals surface area contributed by atoms with Crippen molar-refractivity contribution in [3.8, 4) is 5.69 Å². The van der Waals surface area contributed by atoms with Crippen LogP contribution in [0.25, 0.3) is 5.69 Å². The van der Waals surface area contributed by atoms with E-state index < -0.39 is 5.67 Å². The van der Waals surface area contributed by atoms with Gasteiger partial charge in [-0.2, -0.15) is 0 Å². The number of anilines is 1. The molecule has 5 heterocycles. The third kappa shape index (κ3) is 3.63. The molecule has 7 rings (SSSR count). The van der Waals surface area contributed by atoms with Crippen LogP contribution in [-0.4, -0.2) is 68.1 Å². The minimum absolute atomic E-state index is 0.152. The molecule has 1 saturated carbocycles. The first-order valence-corrected chi connectivity index (χ1v) is 12.5. The van der Waals surface area contributed by atoms with Crippen LogP contribution >= 0.6 is 11.6 Å². The molecule has 3 fully saturated rings. The first kappa shape index (κ1) is 21.6. The lowest BCUT2D eigenvalue weighted by atomic mass is 9.57. The van der Waals surface area contributed by atoms with E-state index in [0.717, 1.165) is 60.5 Å². The topological polar surface area (TPSA) is 72.2 Å². The van der Waals surface area contributed by atoms with Gasteiger partial charge in [0.05, 0.1) is 25.4 Å². The summed E-state index contributed by atoms with van der Waals surface area (Å²) in [6.07, 6.45) is 4.00. The van der Waals surface area contributed by atoms with Gasteiger partial charge < -0.3 is 9.64 Å². The van der Waals surface area contributed by atoms with Gasteiger partial charge in [-0.3, -0.25) is 9.47 Å². The molecule has 35 heavy (non-hydrogen) atoms. The Morgan fingerprint density at radius 1 is 1.14 bits per heavy atom. The van der Waals surface area contributed by atoms with E-state index in [2.05, 4.69) is 34.5 Å². The van der Waals surface area contributed by atoms with Crippen LogP contribution in [0.4, 0.5) is 10.2 Å². The Morgan fingerprint density at radius 3 is 2.71 bits per heavy atom.